The first kappa shape index (κ1) is 23.1. The maximum Gasteiger partial charge on any atom is 0.258 e. The molecule has 1 aliphatic heterocycles. The van der Waals surface area contributed by atoms with E-state index in [0.29, 0.717) is 31.1 Å². The molecular weight excluding hydrogens is 416 g/mol. The molecule has 1 aliphatic rings. The highest BCUT2D eigenvalue weighted by Gasteiger charge is 2.25. The number of hydrogen-bond acceptors (Lipinski definition) is 5. The topological polar surface area (TPSA) is 84.9 Å². The number of piperidine rings is 1. The fourth-order valence-corrected chi connectivity index (χ4v) is 4.90. The molecule has 2 aromatic carbocycles. The van der Waals surface area contributed by atoms with Gasteiger partial charge < -0.3 is 14.8 Å². The van der Waals surface area contributed by atoms with Gasteiger partial charge in [-0.15, -0.1) is 0 Å². The molecule has 1 amide bonds. The zero-order valence-corrected chi connectivity index (χ0v) is 18.9. The first-order valence-corrected chi connectivity index (χ1v) is 12.0. The highest BCUT2D eigenvalue weighted by atomic mass is 32.2. The molecule has 0 aromatic heterocycles. The van der Waals surface area contributed by atoms with Crippen molar-refractivity contribution >= 4 is 15.9 Å². The number of carbonyl (C=O) groups is 1. The molecule has 1 saturated heterocycles. The molecule has 1 heterocycles. The number of aryl methyl sites for hydroxylation is 2. The van der Waals surface area contributed by atoms with Gasteiger partial charge in [-0.3, -0.25) is 4.79 Å². The van der Waals surface area contributed by atoms with Gasteiger partial charge in [-0.2, -0.15) is 4.31 Å². The summed E-state index contributed by atoms with van der Waals surface area (Å²) in [5.41, 5.74) is 2.05. The highest BCUT2D eigenvalue weighted by molar-refractivity contribution is 7.89. The van der Waals surface area contributed by atoms with Gasteiger partial charge in [-0.25, -0.2) is 8.42 Å². The van der Waals surface area contributed by atoms with E-state index in [0.717, 1.165) is 30.4 Å². The molecule has 0 atom stereocenters. The van der Waals surface area contributed by atoms with E-state index in [1.54, 1.807) is 28.6 Å². The Morgan fingerprint density at radius 2 is 1.71 bits per heavy atom. The van der Waals surface area contributed by atoms with Gasteiger partial charge in [0.1, 0.15) is 18.1 Å². The zero-order chi connectivity index (χ0) is 22.3. The second-order valence-electron chi connectivity index (χ2n) is 7.69. The quantitative estimate of drug-likeness (QED) is 0.599. The summed E-state index contributed by atoms with van der Waals surface area (Å²) in [5, 5.41) is 2.74. The molecule has 0 spiro atoms. The number of benzene rings is 2. The average Bonchev–Trinajstić information content (AvgIpc) is 2.78. The van der Waals surface area contributed by atoms with Crippen LogP contribution in [0.15, 0.2) is 47.4 Å². The van der Waals surface area contributed by atoms with Crippen LogP contribution in [0.3, 0.4) is 0 Å². The van der Waals surface area contributed by atoms with Crippen LogP contribution in [0.4, 0.5) is 0 Å². The third-order valence-electron chi connectivity index (χ3n) is 5.17. The van der Waals surface area contributed by atoms with Gasteiger partial charge in [0.2, 0.25) is 10.0 Å². The summed E-state index contributed by atoms with van der Waals surface area (Å²) in [6.45, 7) is 5.59. The van der Waals surface area contributed by atoms with E-state index in [4.69, 9.17) is 9.47 Å². The smallest absolute Gasteiger partial charge is 0.258 e. The van der Waals surface area contributed by atoms with Gasteiger partial charge in [0, 0.05) is 13.1 Å². The van der Waals surface area contributed by atoms with Crippen molar-refractivity contribution in [2.75, 3.05) is 32.8 Å². The molecule has 1 fully saturated rings. The van der Waals surface area contributed by atoms with E-state index in [2.05, 4.69) is 5.32 Å². The van der Waals surface area contributed by atoms with Crippen molar-refractivity contribution in [2.24, 2.45) is 0 Å². The van der Waals surface area contributed by atoms with Crippen molar-refractivity contribution in [2.45, 2.75) is 38.0 Å². The van der Waals surface area contributed by atoms with Gasteiger partial charge in [0.25, 0.3) is 5.91 Å². The molecule has 168 valence electrons. The number of hydrogen-bond donors (Lipinski definition) is 1. The maximum atomic E-state index is 12.7. The third-order valence-corrected chi connectivity index (χ3v) is 7.08. The van der Waals surface area contributed by atoms with Crippen molar-refractivity contribution in [3.05, 3.63) is 53.6 Å². The lowest BCUT2D eigenvalue weighted by Gasteiger charge is -2.25. The summed E-state index contributed by atoms with van der Waals surface area (Å²) in [7, 11) is -3.44. The van der Waals surface area contributed by atoms with Gasteiger partial charge in [-0.1, -0.05) is 18.6 Å². The van der Waals surface area contributed by atoms with Gasteiger partial charge >= 0.3 is 0 Å². The number of nitrogens with one attached hydrogen (secondary N) is 1. The molecule has 0 radical (unpaired) electrons. The summed E-state index contributed by atoms with van der Waals surface area (Å²) in [5.74, 6) is 1.02. The normalized spacial score (nSPS) is 14.8. The Morgan fingerprint density at radius 3 is 2.42 bits per heavy atom. The summed E-state index contributed by atoms with van der Waals surface area (Å²) in [4.78, 5) is 12.2. The Bertz CT molecular complexity index is 984. The van der Waals surface area contributed by atoms with E-state index in [-0.39, 0.29) is 24.0 Å². The van der Waals surface area contributed by atoms with Crippen LogP contribution in [0.2, 0.25) is 0 Å². The summed E-state index contributed by atoms with van der Waals surface area (Å²) in [6, 6.07) is 12.3. The monoisotopic (exact) mass is 446 g/mol. The van der Waals surface area contributed by atoms with Crippen LogP contribution in [0, 0.1) is 13.8 Å². The first-order chi connectivity index (χ1) is 14.9. The molecular formula is C23H30N2O5S. The van der Waals surface area contributed by atoms with Crippen molar-refractivity contribution in [3.63, 3.8) is 0 Å². The van der Waals surface area contributed by atoms with Crippen LogP contribution in [-0.4, -0.2) is 51.5 Å². The third kappa shape index (κ3) is 6.45. The molecule has 3 rings (SSSR count). The molecule has 0 unspecified atom stereocenters. The molecule has 0 bridgehead atoms. The Kier molecular flexibility index (Phi) is 7.92. The Morgan fingerprint density at radius 1 is 1.00 bits per heavy atom. The molecule has 1 N–H and O–H groups in total. The van der Waals surface area contributed by atoms with Crippen molar-refractivity contribution in [1.82, 2.24) is 9.62 Å². The second-order valence-corrected chi connectivity index (χ2v) is 9.63. The fraction of sp³-hybridized carbons (Fsp3) is 0.435. The second kappa shape index (κ2) is 10.6. The van der Waals surface area contributed by atoms with Crippen LogP contribution in [-0.2, 0) is 14.8 Å². The van der Waals surface area contributed by atoms with Gasteiger partial charge in [0.15, 0.2) is 6.61 Å². The lowest BCUT2D eigenvalue weighted by molar-refractivity contribution is -0.123. The number of sulfonamides is 1. The minimum Gasteiger partial charge on any atom is -0.492 e. The van der Waals surface area contributed by atoms with Crippen molar-refractivity contribution in [1.29, 1.82) is 0 Å². The van der Waals surface area contributed by atoms with Crippen LogP contribution >= 0.6 is 0 Å². The Labute approximate surface area is 184 Å². The summed E-state index contributed by atoms with van der Waals surface area (Å²) < 4.78 is 38.0. The van der Waals surface area contributed by atoms with Crippen LogP contribution in [0.1, 0.15) is 30.4 Å². The molecule has 8 heteroatoms. The number of carbonyl (C=O) groups excluding carboxylic acids is 1. The number of ether oxygens (including phenoxy) is 2. The SMILES string of the molecule is Cc1ccc(C)c(OCC(=O)NCCOc2ccc(S(=O)(=O)N3CCCCC3)cc2)c1. The minimum atomic E-state index is -3.44. The number of nitrogens with zero attached hydrogens (tertiary/aromatic N) is 1. The van der Waals surface area contributed by atoms with E-state index in [9.17, 15) is 13.2 Å². The summed E-state index contributed by atoms with van der Waals surface area (Å²) in [6.07, 6.45) is 2.89. The lowest BCUT2D eigenvalue weighted by atomic mass is 10.1. The van der Waals surface area contributed by atoms with Gasteiger partial charge in [0.05, 0.1) is 11.4 Å². The highest BCUT2D eigenvalue weighted by Crippen LogP contribution is 2.22. The summed E-state index contributed by atoms with van der Waals surface area (Å²) >= 11 is 0. The Hall–Kier alpha value is -2.58. The van der Waals surface area contributed by atoms with E-state index in [1.165, 1.54) is 0 Å². The molecule has 0 saturated carbocycles. The average molecular weight is 447 g/mol. The van der Waals surface area contributed by atoms with E-state index < -0.39 is 10.0 Å². The van der Waals surface area contributed by atoms with E-state index >= 15 is 0 Å². The number of rotatable bonds is 9. The molecule has 2 aromatic rings. The van der Waals surface area contributed by atoms with Crippen LogP contribution in [0.25, 0.3) is 0 Å². The Balaban J connectivity index is 1.40. The largest absolute Gasteiger partial charge is 0.492 e. The minimum absolute atomic E-state index is 0.0622. The zero-order valence-electron chi connectivity index (χ0n) is 18.1. The van der Waals surface area contributed by atoms with Crippen LogP contribution < -0.4 is 14.8 Å². The maximum absolute atomic E-state index is 12.7. The van der Waals surface area contributed by atoms with Crippen molar-refractivity contribution in [3.8, 4) is 11.5 Å². The first-order valence-electron chi connectivity index (χ1n) is 10.6. The molecule has 31 heavy (non-hydrogen) atoms. The standard InChI is InChI=1S/C23H30N2O5S/c1-18-6-7-19(2)22(16-18)30-17-23(26)24-12-15-29-20-8-10-21(11-9-20)31(27,28)25-13-4-3-5-14-25/h6-11,16H,3-5,12-15,17H2,1-2H3,(H,24,26). The molecule has 0 aliphatic carbocycles. The van der Waals surface area contributed by atoms with Crippen LogP contribution in [0.5, 0.6) is 11.5 Å². The lowest BCUT2D eigenvalue weighted by Crippen LogP contribution is -2.35. The van der Waals surface area contributed by atoms with Crippen molar-refractivity contribution < 1.29 is 22.7 Å². The number of amides is 1. The van der Waals surface area contributed by atoms with E-state index in [1.807, 2.05) is 32.0 Å². The predicted molar refractivity (Wildman–Crippen MR) is 119 cm³/mol. The predicted octanol–water partition coefficient (Wildman–Crippen LogP) is 3.05. The fourth-order valence-electron chi connectivity index (χ4n) is 3.38. The molecule has 7 nitrogen and oxygen atoms in total. The van der Waals surface area contributed by atoms with Gasteiger partial charge in [-0.05, 0) is 68.1 Å².